The predicted octanol–water partition coefficient (Wildman–Crippen LogP) is 3.86. The van der Waals surface area contributed by atoms with Gasteiger partial charge in [0.15, 0.2) is 0 Å². The second-order valence-electron chi connectivity index (χ2n) is 7.49. The molecule has 2 aromatic carbocycles. The highest BCUT2D eigenvalue weighted by molar-refractivity contribution is 7.89. The van der Waals surface area contributed by atoms with E-state index in [0.717, 1.165) is 19.3 Å². The van der Waals surface area contributed by atoms with Crippen LogP contribution in [0.5, 0.6) is 5.75 Å². The first-order valence-corrected chi connectivity index (χ1v) is 11.5. The fourth-order valence-corrected chi connectivity index (χ4v) is 4.52. The van der Waals surface area contributed by atoms with Crippen LogP contribution in [-0.2, 0) is 21.2 Å². The summed E-state index contributed by atoms with van der Waals surface area (Å²) in [5.74, 6) is 0.597. The zero-order chi connectivity index (χ0) is 22.6. The Balaban J connectivity index is 0.00000103. The molecule has 0 aliphatic rings. The highest BCUT2D eigenvalue weighted by Gasteiger charge is 2.24. The van der Waals surface area contributed by atoms with Crippen molar-refractivity contribution in [3.8, 4) is 5.75 Å². The van der Waals surface area contributed by atoms with E-state index in [2.05, 4.69) is 17.9 Å². The minimum absolute atomic E-state index is 0.275. The smallest absolute Gasteiger partial charge is 0.243 e. The van der Waals surface area contributed by atoms with Gasteiger partial charge in [-0.25, -0.2) is 8.42 Å². The summed E-state index contributed by atoms with van der Waals surface area (Å²) in [7, 11) is -1.92. The van der Waals surface area contributed by atoms with Crippen LogP contribution in [0.2, 0.25) is 0 Å². The summed E-state index contributed by atoms with van der Waals surface area (Å²) in [4.78, 5) is 9.54. The van der Waals surface area contributed by atoms with Gasteiger partial charge in [0.05, 0.1) is 12.0 Å². The van der Waals surface area contributed by atoms with Crippen LogP contribution in [0.15, 0.2) is 59.5 Å². The van der Waals surface area contributed by atoms with Crippen molar-refractivity contribution in [2.45, 2.75) is 44.9 Å². The zero-order valence-electron chi connectivity index (χ0n) is 18.4. The minimum atomic E-state index is -3.49. The third kappa shape index (κ3) is 9.41. The van der Waals surface area contributed by atoms with Gasteiger partial charge in [-0.2, -0.15) is 4.31 Å². The largest absolute Gasteiger partial charge is 0.497 e. The molecule has 7 heteroatoms. The summed E-state index contributed by atoms with van der Waals surface area (Å²) in [5.41, 5.74) is 5.76. The van der Waals surface area contributed by atoms with E-state index in [1.165, 1.54) is 12.5 Å². The van der Waals surface area contributed by atoms with Crippen molar-refractivity contribution < 1.29 is 17.9 Å². The summed E-state index contributed by atoms with van der Waals surface area (Å²) >= 11 is 0. The van der Waals surface area contributed by atoms with E-state index in [-0.39, 0.29) is 11.8 Å². The second kappa shape index (κ2) is 13.0. The third-order valence-electron chi connectivity index (χ3n) is 4.23. The molecule has 0 aliphatic carbocycles. The predicted molar refractivity (Wildman–Crippen MR) is 121 cm³/mol. The summed E-state index contributed by atoms with van der Waals surface area (Å²) in [6.45, 7) is 6.46. The number of amides is 1. The molecule has 0 radical (unpaired) electrons. The molecule has 0 bridgehead atoms. The Morgan fingerprint density at radius 1 is 1.03 bits per heavy atom. The Bertz CT molecular complexity index is 847. The van der Waals surface area contributed by atoms with Crippen molar-refractivity contribution in [3.63, 3.8) is 0 Å². The summed E-state index contributed by atoms with van der Waals surface area (Å²) < 4.78 is 32.8. The van der Waals surface area contributed by atoms with E-state index in [9.17, 15) is 13.2 Å². The number of carbonyl (C=O) groups excluding carboxylic acids is 1. The molecule has 0 fully saturated rings. The van der Waals surface area contributed by atoms with Crippen LogP contribution in [0.25, 0.3) is 0 Å². The van der Waals surface area contributed by atoms with Gasteiger partial charge in [0, 0.05) is 20.0 Å². The Kier molecular flexibility index (Phi) is 11.1. The number of sulfonamides is 1. The number of hydrogen-bond acceptors (Lipinski definition) is 4. The molecule has 0 saturated heterocycles. The van der Waals surface area contributed by atoms with E-state index in [0.29, 0.717) is 23.7 Å². The Hall–Kier alpha value is -2.38. The first kappa shape index (κ1) is 25.7. The fourth-order valence-electron chi connectivity index (χ4n) is 2.88. The monoisotopic (exact) mass is 434 g/mol. The molecule has 2 aromatic rings. The van der Waals surface area contributed by atoms with Crippen molar-refractivity contribution in [2.24, 2.45) is 11.7 Å². The third-order valence-corrected chi connectivity index (χ3v) is 6.11. The Labute approximate surface area is 181 Å². The topological polar surface area (TPSA) is 89.7 Å². The van der Waals surface area contributed by atoms with Gasteiger partial charge in [-0.15, -0.1) is 0 Å². The average Bonchev–Trinajstić information content (AvgIpc) is 2.70. The van der Waals surface area contributed by atoms with E-state index in [1.54, 1.807) is 35.7 Å². The summed E-state index contributed by atoms with van der Waals surface area (Å²) in [5, 5.41) is 0. The maximum absolute atomic E-state index is 13.0. The van der Waals surface area contributed by atoms with Gasteiger partial charge in [-0.3, -0.25) is 4.79 Å². The SMILES string of the molecule is CC(N)=O.COc1ccc(S(=O)(=O)N(CCCCc2ccccc2)CC(C)C)cc1. The van der Waals surface area contributed by atoms with Crippen LogP contribution in [0.4, 0.5) is 0 Å². The molecular weight excluding hydrogens is 400 g/mol. The number of rotatable bonds is 10. The zero-order valence-corrected chi connectivity index (χ0v) is 19.2. The van der Waals surface area contributed by atoms with Gasteiger partial charge in [-0.05, 0) is 55.0 Å². The van der Waals surface area contributed by atoms with Crippen LogP contribution in [0.1, 0.15) is 39.2 Å². The number of hydrogen-bond donors (Lipinski definition) is 1. The highest BCUT2D eigenvalue weighted by Crippen LogP contribution is 2.21. The molecule has 166 valence electrons. The minimum Gasteiger partial charge on any atom is -0.497 e. The number of nitrogens with two attached hydrogens (primary N) is 1. The molecule has 0 spiro atoms. The molecule has 2 rings (SSSR count). The van der Waals surface area contributed by atoms with Crippen LogP contribution in [0.3, 0.4) is 0 Å². The average molecular weight is 435 g/mol. The van der Waals surface area contributed by atoms with Crippen LogP contribution in [-0.4, -0.2) is 38.8 Å². The lowest BCUT2D eigenvalue weighted by atomic mass is 10.1. The molecule has 2 N–H and O–H groups in total. The molecule has 0 aliphatic heterocycles. The molecule has 1 amide bonds. The number of benzene rings is 2. The molecule has 0 saturated carbocycles. The van der Waals surface area contributed by atoms with Gasteiger partial charge in [0.25, 0.3) is 0 Å². The standard InChI is InChI=1S/C21H29NO3S.C2H5NO/c1-18(2)17-22(16-8-7-11-19-9-5-4-6-10-19)26(23,24)21-14-12-20(25-3)13-15-21;1-2(3)4/h4-6,9-10,12-15,18H,7-8,11,16-17H2,1-3H3;1H3,(H2,3,4). The van der Waals surface area contributed by atoms with Crippen molar-refractivity contribution in [3.05, 3.63) is 60.2 Å². The maximum Gasteiger partial charge on any atom is 0.243 e. The quantitative estimate of drug-likeness (QED) is 0.575. The van der Waals surface area contributed by atoms with Gasteiger partial charge in [0.1, 0.15) is 5.75 Å². The number of carbonyl (C=O) groups is 1. The van der Waals surface area contributed by atoms with Crippen molar-refractivity contribution in [1.82, 2.24) is 4.31 Å². The van der Waals surface area contributed by atoms with Gasteiger partial charge < -0.3 is 10.5 Å². The van der Waals surface area contributed by atoms with Crippen LogP contribution < -0.4 is 10.5 Å². The normalized spacial score (nSPS) is 11.1. The number of nitrogens with zero attached hydrogens (tertiary/aromatic N) is 1. The van der Waals surface area contributed by atoms with Gasteiger partial charge >= 0.3 is 0 Å². The Morgan fingerprint density at radius 3 is 2.10 bits per heavy atom. The van der Waals surface area contributed by atoms with Gasteiger partial charge in [0.2, 0.25) is 15.9 Å². The van der Waals surface area contributed by atoms with Crippen molar-refractivity contribution in [2.75, 3.05) is 20.2 Å². The number of ether oxygens (including phenoxy) is 1. The van der Waals surface area contributed by atoms with E-state index in [1.807, 2.05) is 32.0 Å². The summed E-state index contributed by atoms with van der Waals surface area (Å²) in [6.07, 6.45) is 2.78. The van der Waals surface area contributed by atoms with E-state index >= 15 is 0 Å². The van der Waals surface area contributed by atoms with Crippen LogP contribution >= 0.6 is 0 Å². The molecule has 6 nitrogen and oxygen atoms in total. The highest BCUT2D eigenvalue weighted by atomic mass is 32.2. The lowest BCUT2D eigenvalue weighted by Gasteiger charge is -2.24. The number of methoxy groups -OCH3 is 1. The molecule has 0 unspecified atom stereocenters. The fraction of sp³-hybridized carbons (Fsp3) is 0.435. The molecule has 0 aromatic heterocycles. The van der Waals surface area contributed by atoms with Gasteiger partial charge in [-0.1, -0.05) is 44.2 Å². The first-order chi connectivity index (χ1) is 14.2. The summed E-state index contributed by atoms with van der Waals surface area (Å²) in [6, 6.07) is 16.9. The first-order valence-electron chi connectivity index (χ1n) is 10.1. The van der Waals surface area contributed by atoms with E-state index < -0.39 is 10.0 Å². The molecule has 0 atom stereocenters. The lowest BCUT2D eigenvalue weighted by Crippen LogP contribution is -2.35. The Morgan fingerprint density at radius 2 is 1.60 bits per heavy atom. The van der Waals surface area contributed by atoms with Crippen molar-refractivity contribution in [1.29, 1.82) is 0 Å². The van der Waals surface area contributed by atoms with E-state index in [4.69, 9.17) is 4.74 Å². The molecule has 30 heavy (non-hydrogen) atoms. The lowest BCUT2D eigenvalue weighted by molar-refractivity contribution is -0.115. The van der Waals surface area contributed by atoms with Crippen molar-refractivity contribution >= 4 is 15.9 Å². The molecule has 0 heterocycles. The second-order valence-corrected chi connectivity index (χ2v) is 9.42. The van der Waals surface area contributed by atoms with Crippen LogP contribution in [0, 0.1) is 5.92 Å². The maximum atomic E-state index is 13.0. The molecular formula is C23H34N2O4S. The number of primary amides is 1. The number of unbranched alkanes of at least 4 members (excludes halogenated alkanes) is 1. The number of aryl methyl sites for hydroxylation is 1.